The predicted octanol–water partition coefficient (Wildman–Crippen LogP) is 3.40. The molecule has 0 aliphatic heterocycles. The maximum absolute atomic E-state index is 12.6. The Labute approximate surface area is 199 Å². The van der Waals surface area contributed by atoms with E-state index < -0.39 is 24.1 Å². The number of benzene rings is 2. The minimum atomic E-state index is -1.15. The summed E-state index contributed by atoms with van der Waals surface area (Å²) in [5.41, 5.74) is 4.55. The molecule has 0 spiro atoms. The van der Waals surface area contributed by atoms with Gasteiger partial charge in [-0.25, -0.2) is 9.59 Å². The molecule has 34 heavy (non-hydrogen) atoms. The number of ether oxygens (including phenoxy) is 2. The number of carboxylic acids is 1. The number of rotatable bonds is 11. The van der Waals surface area contributed by atoms with E-state index in [0.717, 1.165) is 22.3 Å². The minimum absolute atomic E-state index is 0.0464. The van der Waals surface area contributed by atoms with Crippen molar-refractivity contribution < 1.29 is 29.0 Å². The van der Waals surface area contributed by atoms with Crippen LogP contribution in [-0.2, 0) is 19.1 Å². The summed E-state index contributed by atoms with van der Waals surface area (Å²) in [6, 6.07) is 16.2. The van der Waals surface area contributed by atoms with E-state index in [1.807, 2.05) is 38.1 Å². The van der Waals surface area contributed by atoms with Gasteiger partial charge in [0.05, 0.1) is 12.5 Å². The van der Waals surface area contributed by atoms with E-state index in [4.69, 9.17) is 14.6 Å². The van der Waals surface area contributed by atoms with Crippen LogP contribution in [-0.4, -0.2) is 56.0 Å². The summed E-state index contributed by atoms with van der Waals surface area (Å²) < 4.78 is 10.4. The second kappa shape index (κ2) is 11.7. The molecule has 0 saturated carbocycles. The van der Waals surface area contributed by atoms with E-state index in [2.05, 4.69) is 34.9 Å². The first-order chi connectivity index (χ1) is 16.3. The van der Waals surface area contributed by atoms with Gasteiger partial charge in [0, 0.05) is 19.6 Å². The molecule has 0 radical (unpaired) electrons. The highest BCUT2D eigenvalue weighted by atomic mass is 16.5. The van der Waals surface area contributed by atoms with Crippen molar-refractivity contribution in [2.45, 2.75) is 32.3 Å². The summed E-state index contributed by atoms with van der Waals surface area (Å²) in [6.07, 6.45) is -1.19. The van der Waals surface area contributed by atoms with Crippen molar-refractivity contribution in [3.05, 3.63) is 59.7 Å². The number of carbonyl (C=O) groups excluding carboxylic acids is 2. The summed E-state index contributed by atoms with van der Waals surface area (Å²) in [5.74, 6) is -1.85. The number of hydrogen-bond acceptors (Lipinski definition) is 5. The molecule has 0 saturated heterocycles. The van der Waals surface area contributed by atoms with Crippen molar-refractivity contribution in [3.63, 3.8) is 0 Å². The van der Waals surface area contributed by atoms with Crippen LogP contribution in [0.4, 0.5) is 4.79 Å². The molecule has 2 aromatic carbocycles. The molecule has 8 nitrogen and oxygen atoms in total. The Hall–Kier alpha value is -3.39. The van der Waals surface area contributed by atoms with Crippen LogP contribution in [0.25, 0.3) is 11.1 Å². The molecular formula is C26H32N2O6. The molecule has 0 fully saturated rings. The van der Waals surface area contributed by atoms with Gasteiger partial charge in [0.1, 0.15) is 6.61 Å². The van der Waals surface area contributed by atoms with Crippen LogP contribution in [0, 0.1) is 11.8 Å². The third-order valence-corrected chi connectivity index (χ3v) is 5.98. The van der Waals surface area contributed by atoms with E-state index in [1.54, 1.807) is 0 Å². The quantitative estimate of drug-likeness (QED) is 0.466. The molecule has 0 aromatic heterocycles. The zero-order chi connectivity index (χ0) is 24.7. The Morgan fingerprint density at radius 1 is 0.941 bits per heavy atom. The molecule has 1 aliphatic carbocycles. The fraction of sp³-hybridized carbons (Fsp3) is 0.423. The maximum Gasteiger partial charge on any atom is 0.407 e. The second-order valence-electron chi connectivity index (χ2n) is 8.84. The Balaban J connectivity index is 1.56. The van der Waals surface area contributed by atoms with Crippen LogP contribution in [0.1, 0.15) is 37.3 Å². The lowest BCUT2D eigenvalue weighted by molar-refractivity contribution is -0.148. The summed E-state index contributed by atoms with van der Waals surface area (Å²) in [5, 5.41) is 14.4. The first-order valence-corrected chi connectivity index (χ1v) is 11.4. The van der Waals surface area contributed by atoms with Crippen LogP contribution < -0.4 is 10.6 Å². The van der Waals surface area contributed by atoms with E-state index >= 15 is 0 Å². The van der Waals surface area contributed by atoms with Crippen LogP contribution in [0.5, 0.6) is 0 Å². The van der Waals surface area contributed by atoms with Crippen molar-refractivity contribution in [1.29, 1.82) is 0 Å². The Bertz CT molecular complexity index is 976. The van der Waals surface area contributed by atoms with E-state index in [1.165, 1.54) is 7.11 Å². The van der Waals surface area contributed by atoms with Gasteiger partial charge < -0.3 is 25.2 Å². The monoisotopic (exact) mass is 468 g/mol. The zero-order valence-corrected chi connectivity index (χ0v) is 19.7. The minimum Gasteiger partial charge on any atom is -0.479 e. The second-order valence-corrected chi connectivity index (χ2v) is 8.84. The fourth-order valence-corrected chi connectivity index (χ4v) is 4.32. The fourth-order valence-electron chi connectivity index (χ4n) is 4.32. The molecule has 182 valence electrons. The normalized spacial score (nSPS) is 14.1. The van der Waals surface area contributed by atoms with Crippen LogP contribution in [0.15, 0.2) is 48.5 Å². The number of methoxy groups -OCH3 is 1. The number of aliphatic carboxylic acids is 1. The Kier molecular flexibility index (Phi) is 8.65. The molecule has 8 heteroatoms. The molecule has 3 rings (SSSR count). The standard InChI is InChI=1S/C26H32N2O6/c1-16(2)12-17(24(29)27-14-23(33-3)25(30)31)13-28-26(32)34-15-22-20-10-6-4-8-18(20)19-9-5-7-11-21(19)22/h4-11,16-17,22-23H,12-15H2,1-3H3,(H,27,29)(H,28,32)(H,30,31). The highest BCUT2D eigenvalue weighted by Gasteiger charge is 2.29. The number of fused-ring (bicyclic) bond motifs is 3. The van der Waals surface area contributed by atoms with Gasteiger partial charge in [-0.05, 0) is 34.6 Å². The molecule has 2 aromatic rings. The summed E-state index contributed by atoms with van der Waals surface area (Å²) >= 11 is 0. The summed E-state index contributed by atoms with van der Waals surface area (Å²) in [7, 11) is 1.27. The third kappa shape index (κ3) is 6.14. The molecule has 1 aliphatic rings. The van der Waals surface area contributed by atoms with Crippen LogP contribution >= 0.6 is 0 Å². The maximum atomic E-state index is 12.6. The first kappa shape index (κ1) is 25.2. The van der Waals surface area contributed by atoms with Gasteiger partial charge in [0.2, 0.25) is 5.91 Å². The van der Waals surface area contributed by atoms with Gasteiger partial charge in [-0.15, -0.1) is 0 Å². The van der Waals surface area contributed by atoms with Crippen molar-refractivity contribution >= 4 is 18.0 Å². The first-order valence-electron chi connectivity index (χ1n) is 11.4. The Morgan fingerprint density at radius 2 is 1.53 bits per heavy atom. The van der Waals surface area contributed by atoms with Crippen molar-refractivity contribution in [3.8, 4) is 11.1 Å². The van der Waals surface area contributed by atoms with E-state index in [9.17, 15) is 14.4 Å². The topological polar surface area (TPSA) is 114 Å². The lowest BCUT2D eigenvalue weighted by atomic mass is 9.96. The van der Waals surface area contributed by atoms with E-state index in [0.29, 0.717) is 6.42 Å². The lowest BCUT2D eigenvalue weighted by Crippen LogP contribution is -2.44. The molecular weight excluding hydrogens is 436 g/mol. The molecule has 2 unspecified atom stereocenters. The summed E-state index contributed by atoms with van der Waals surface area (Å²) in [6.45, 7) is 4.08. The number of nitrogens with one attached hydrogen (secondary N) is 2. The molecule has 0 bridgehead atoms. The van der Waals surface area contributed by atoms with Gasteiger partial charge in [-0.3, -0.25) is 4.79 Å². The van der Waals surface area contributed by atoms with Gasteiger partial charge in [-0.1, -0.05) is 62.4 Å². The highest BCUT2D eigenvalue weighted by Crippen LogP contribution is 2.44. The summed E-state index contributed by atoms with van der Waals surface area (Å²) in [4.78, 5) is 36.2. The van der Waals surface area contributed by atoms with Crippen LogP contribution in [0.3, 0.4) is 0 Å². The van der Waals surface area contributed by atoms with Crippen LogP contribution in [0.2, 0.25) is 0 Å². The number of amides is 2. The van der Waals surface area contributed by atoms with Crippen molar-refractivity contribution in [2.24, 2.45) is 11.8 Å². The van der Waals surface area contributed by atoms with E-state index in [-0.39, 0.29) is 37.4 Å². The molecule has 3 N–H and O–H groups in total. The number of carbonyl (C=O) groups is 3. The third-order valence-electron chi connectivity index (χ3n) is 5.98. The van der Waals surface area contributed by atoms with Gasteiger partial charge in [0.25, 0.3) is 0 Å². The SMILES string of the molecule is COC(CNC(=O)C(CNC(=O)OCC1c2ccccc2-c2ccccc21)CC(C)C)C(=O)O. The van der Waals surface area contributed by atoms with Crippen molar-refractivity contribution in [2.75, 3.05) is 26.8 Å². The average molecular weight is 469 g/mol. The average Bonchev–Trinajstić information content (AvgIpc) is 3.14. The zero-order valence-electron chi connectivity index (χ0n) is 19.7. The molecule has 0 heterocycles. The van der Waals surface area contributed by atoms with Gasteiger partial charge in [0.15, 0.2) is 6.10 Å². The highest BCUT2D eigenvalue weighted by molar-refractivity contribution is 5.81. The van der Waals surface area contributed by atoms with Crippen molar-refractivity contribution in [1.82, 2.24) is 10.6 Å². The predicted molar refractivity (Wildman–Crippen MR) is 127 cm³/mol. The number of alkyl carbamates (subject to hydrolysis) is 1. The number of hydrogen-bond donors (Lipinski definition) is 3. The largest absolute Gasteiger partial charge is 0.479 e. The number of carboxylic acid groups (broad SMARTS) is 1. The van der Waals surface area contributed by atoms with Gasteiger partial charge in [-0.2, -0.15) is 0 Å². The lowest BCUT2D eigenvalue weighted by Gasteiger charge is -2.21. The molecule has 2 atom stereocenters. The molecule has 2 amide bonds. The smallest absolute Gasteiger partial charge is 0.407 e. The Morgan fingerprint density at radius 3 is 2.06 bits per heavy atom. The van der Waals surface area contributed by atoms with Gasteiger partial charge >= 0.3 is 12.1 Å².